The van der Waals surface area contributed by atoms with Crippen molar-refractivity contribution in [2.45, 2.75) is 59.5 Å². The predicted octanol–water partition coefficient (Wildman–Crippen LogP) is 3.82. The molecule has 0 spiro atoms. The van der Waals surface area contributed by atoms with Gasteiger partial charge >= 0.3 is 0 Å². The van der Waals surface area contributed by atoms with E-state index >= 15 is 0 Å². The van der Waals surface area contributed by atoms with Crippen molar-refractivity contribution >= 4 is 21.6 Å². The molecule has 0 amide bonds. The van der Waals surface area contributed by atoms with Crippen LogP contribution in [0.4, 0.5) is 5.69 Å². The Kier molecular flexibility index (Phi) is 6.04. The number of hydrogen-bond acceptors (Lipinski definition) is 3. The van der Waals surface area contributed by atoms with Gasteiger partial charge in [0.05, 0.1) is 17.9 Å². The summed E-state index contributed by atoms with van der Waals surface area (Å²) in [6, 6.07) is 0.394. The molecule has 1 atom stereocenters. The van der Waals surface area contributed by atoms with E-state index in [2.05, 4.69) is 47.1 Å². The van der Waals surface area contributed by atoms with Crippen molar-refractivity contribution in [2.75, 3.05) is 5.32 Å². The van der Waals surface area contributed by atoms with Crippen LogP contribution < -0.4 is 10.9 Å². The lowest BCUT2D eigenvalue weighted by Crippen LogP contribution is -2.27. The highest BCUT2D eigenvalue weighted by Gasteiger charge is 2.12. The average Bonchev–Trinajstić information content (AvgIpc) is 2.32. The topological polar surface area (TPSA) is 46.9 Å². The van der Waals surface area contributed by atoms with E-state index in [9.17, 15) is 4.79 Å². The first kappa shape index (κ1) is 16.2. The van der Waals surface area contributed by atoms with Gasteiger partial charge in [0, 0.05) is 6.04 Å². The van der Waals surface area contributed by atoms with E-state index in [0.717, 1.165) is 12.1 Å². The molecule has 0 saturated carbocycles. The second-order valence-electron chi connectivity index (χ2n) is 5.73. The summed E-state index contributed by atoms with van der Waals surface area (Å²) in [6.07, 6.45) is 3.97. The zero-order valence-electron chi connectivity index (χ0n) is 12.4. The van der Waals surface area contributed by atoms with Gasteiger partial charge in [-0.15, -0.1) is 0 Å². The van der Waals surface area contributed by atoms with Gasteiger partial charge in [-0.3, -0.25) is 4.79 Å². The van der Waals surface area contributed by atoms with Crippen molar-refractivity contribution in [2.24, 2.45) is 5.92 Å². The zero-order chi connectivity index (χ0) is 14.6. The van der Waals surface area contributed by atoms with Gasteiger partial charge in [0.2, 0.25) is 0 Å². The Labute approximate surface area is 123 Å². The largest absolute Gasteiger partial charge is 0.380 e. The van der Waals surface area contributed by atoms with E-state index in [4.69, 9.17) is 0 Å². The van der Waals surface area contributed by atoms with Crippen LogP contribution in [0.5, 0.6) is 0 Å². The third-order valence-corrected chi connectivity index (χ3v) is 3.78. The second-order valence-corrected chi connectivity index (χ2v) is 6.53. The van der Waals surface area contributed by atoms with E-state index < -0.39 is 0 Å². The fraction of sp³-hybridized carbons (Fsp3) is 0.714. The fourth-order valence-electron chi connectivity index (χ4n) is 1.83. The Hall–Kier alpha value is -0.840. The lowest BCUT2D eigenvalue weighted by atomic mass is 10.0. The third kappa shape index (κ3) is 4.64. The third-order valence-electron chi connectivity index (χ3n) is 3.01. The molecule has 1 aromatic rings. The quantitative estimate of drug-likeness (QED) is 0.862. The SMILES string of the molecule is CC(C)CCC(C)Nc1cnn(C(C)C)c(=O)c1Br. The van der Waals surface area contributed by atoms with Crippen LogP contribution in [0, 0.1) is 5.92 Å². The van der Waals surface area contributed by atoms with Crippen molar-refractivity contribution in [3.63, 3.8) is 0 Å². The van der Waals surface area contributed by atoms with Crippen molar-refractivity contribution < 1.29 is 0 Å². The van der Waals surface area contributed by atoms with Crippen LogP contribution in [-0.2, 0) is 0 Å². The minimum absolute atomic E-state index is 0.0659. The standard InChI is InChI=1S/C14H24BrN3O/c1-9(2)6-7-11(5)17-12-8-16-18(10(3)4)14(19)13(12)15/h8-11,17H,6-7H2,1-5H3. The molecular formula is C14H24BrN3O. The highest BCUT2D eigenvalue weighted by atomic mass is 79.9. The second kappa shape index (κ2) is 7.08. The summed E-state index contributed by atoms with van der Waals surface area (Å²) >= 11 is 3.37. The maximum Gasteiger partial charge on any atom is 0.283 e. The Morgan fingerprint density at radius 2 is 1.89 bits per heavy atom. The Bertz CT molecular complexity index is 468. The number of hydrogen-bond donors (Lipinski definition) is 1. The van der Waals surface area contributed by atoms with Crippen molar-refractivity contribution in [3.8, 4) is 0 Å². The minimum atomic E-state index is -0.0870. The van der Waals surface area contributed by atoms with E-state index in [1.54, 1.807) is 6.20 Å². The van der Waals surface area contributed by atoms with Crippen LogP contribution >= 0.6 is 15.9 Å². The van der Waals surface area contributed by atoms with E-state index in [0.29, 0.717) is 16.4 Å². The van der Waals surface area contributed by atoms with Crippen LogP contribution in [-0.4, -0.2) is 15.8 Å². The summed E-state index contributed by atoms with van der Waals surface area (Å²) in [5, 5.41) is 7.55. The Morgan fingerprint density at radius 3 is 2.42 bits per heavy atom. The normalized spacial score (nSPS) is 13.1. The molecule has 0 aliphatic rings. The van der Waals surface area contributed by atoms with Crippen molar-refractivity contribution in [1.29, 1.82) is 0 Å². The first-order valence-electron chi connectivity index (χ1n) is 6.86. The molecule has 19 heavy (non-hydrogen) atoms. The molecule has 5 heteroatoms. The maximum atomic E-state index is 12.1. The highest BCUT2D eigenvalue weighted by molar-refractivity contribution is 9.10. The van der Waals surface area contributed by atoms with Gasteiger partial charge < -0.3 is 5.32 Å². The van der Waals surface area contributed by atoms with Crippen molar-refractivity contribution in [3.05, 3.63) is 21.0 Å². The first-order valence-corrected chi connectivity index (χ1v) is 7.66. The molecule has 1 N–H and O–H groups in total. The monoisotopic (exact) mass is 329 g/mol. The molecule has 0 bridgehead atoms. The molecule has 1 heterocycles. The molecule has 0 aliphatic heterocycles. The Morgan fingerprint density at radius 1 is 1.26 bits per heavy atom. The number of anilines is 1. The number of rotatable bonds is 6. The first-order chi connectivity index (χ1) is 8.82. The van der Waals surface area contributed by atoms with Gasteiger partial charge in [-0.1, -0.05) is 13.8 Å². The summed E-state index contributed by atoms with van der Waals surface area (Å²) in [6.45, 7) is 10.4. The molecular weight excluding hydrogens is 306 g/mol. The Balaban J connectivity index is 2.80. The molecule has 1 aromatic heterocycles. The summed E-state index contributed by atoms with van der Waals surface area (Å²) in [4.78, 5) is 12.1. The molecule has 0 aromatic carbocycles. The summed E-state index contributed by atoms with van der Waals surface area (Å²) in [5.74, 6) is 0.694. The summed E-state index contributed by atoms with van der Waals surface area (Å²) < 4.78 is 2.04. The lowest BCUT2D eigenvalue weighted by Gasteiger charge is -2.18. The van der Waals surface area contributed by atoms with Gasteiger partial charge in [0.25, 0.3) is 5.56 Å². The molecule has 1 unspecified atom stereocenters. The molecule has 0 fully saturated rings. The molecule has 108 valence electrons. The minimum Gasteiger partial charge on any atom is -0.380 e. The summed E-state index contributed by atoms with van der Waals surface area (Å²) in [5.41, 5.74) is 0.689. The number of aromatic nitrogens is 2. The predicted molar refractivity (Wildman–Crippen MR) is 83.7 cm³/mol. The fourth-order valence-corrected chi connectivity index (χ4v) is 2.23. The molecule has 4 nitrogen and oxygen atoms in total. The van der Waals surface area contributed by atoms with Gasteiger partial charge in [0.1, 0.15) is 4.47 Å². The maximum absolute atomic E-state index is 12.1. The molecule has 0 radical (unpaired) electrons. The van der Waals surface area contributed by atoms with Gasteiger partial charge in [-0.25, -0.2) is 4.68 Å². The van der Waals surface area contributed by atoms with Gasteiger partial charge in [-0.05, 0) is 55.5 Å². The van der Waals surface area contributed by atoms with Crippen LogP contribution in [0.15, 0.2) is 15.5 Å². The van der Waals surface area contributed by atoms with Gasteiger partial charge in [0.15, 0.2) is 0 Å². The average molecular weight is 330 g/mol. The van der Waals surface area contributed by atoms with E-state index in [1.165, 1.54) is 11.1 Å². The summed E-state index contributed by atoms with van der Waals surface area (Å²) in [7, 11) is 0. The number of halogens is 1. The molecule has 0 saturated heterocycles. The van der Waals surface area contributed by atoms with Crippen molar-refractivity contribution in [1.82, 2.24) is 9.78 Å². The van der Waals surface area contributed by atoms with Crippen LogP contribution in [0.3, 0.4) is 0 Å². The zero-order valence-corrected chi connectivity index (χ0v) is 14.0. The lowest BCUT2D eigenvalue weighted by molar-refractivity contribution is 0.499. The van der Waals surface area contributed by atoms with Crippen LogP contribution in [0.25, 0.3) is 0 Å². The van der Waals surface area contributed by atoms with Crippen LogP contribution in [0.2, 0.25) is 0 Å². The number of nitrogens with one attached hydrogen (secondary N) is 1. The molecule has 1 rings (SSSR count). The highest BCUT2D eigenvalue weighted by Crippen LogP contribution is 2.19. The van der Waals surface area contributed by atoms with Gasteiger partial charge in [-0.2, -0.15) is 5.10 Å². The number of nitrogens with zero attached hydrogens (tertiary/aromatic N) is 2. The van der Waals surface area contributed by atoms with E-state index in [-0.39, 0.29) is 11.6 Å². The smallest absolute Gasteiger partial charge is 0.283 e. The van der Waals surface area contributed by atoms with Crippen LogP contribution in [0.1, 0.15) is 53.5 Å². The molecule has 0 aliphatic carbocycles. The van der Waals surface area contributed by atoms with E-state index in [1.807, 2.05) is 13.8 Å².